The molecule has 1 amide bonds. The summed E-state index contributed by atoms with van der Waals surface area (Å²) in [6.07, 6.45) is -3.79. The van der Waals surface area contributed by atoms with E-state index in [4.69, 9.17) is 11.6 Å². The second-order valence-corrected chi connectivity index (χ2v) is 4.03. The number of rotatable bonds is 5. The summed E-state index contributed by atoms with van der Waals surface area (Å²) < 4.78 is 48.2. The smallest absolute Gasteiger partial charge is 0.324 e. The zero-order valence-electron chi connectivity index (χ0n) is 8.29. The van der Waals surface area contributed by atoms with Crippen LogP contribution in [0.25, 0.3) is 0 Å². The van der Waals surface area contributed by atoms with E-state index < -0.39 is 30.2 Å². The molecule has 7 heteroatoms. The number of hydrogen-bond acceptors (Lipinski definition) is 1. The minimum atomic E-state index is -4.21. The SMILES string of the molecule is CC(C)(CCl)C(=O)NCC(F)(F)C(F)F. The molecule has 0 aromatic heterocycles. The molecular weight excluding hydrogens is 238 g/mol. The van der Waals surface area contributed by atoms with Crippen molar-refractivity contribution in [3.05, 3.63) is 0 Å². The molecule has 0 rings (SSSR count). The van der Waals surface area contributed by atoms with Crippen molar-refractivity contribution in [2.75, 3.05) is 12.4 Å². The monoisotopic (exact) mass is 249 g/mol. The second kappa shape index (κ2) is 5.01. The highest BCUT2D eigenvalue weighted by atomic mass is 35.5. The Morgan fingerprint density at radius 2 is 1.87 bits per heavy atom. The molecule has 0 radical (unpaired) electrons. The van der Waals surface area contributed by atoms with Crippen LogP contribution in [0, 0.1) is 5.41 Å². The molecule has 0 fully saturated rings. The lowest BCUT2D eigenvalue weighted by atomic mass is 9.95. The third kappa shape index (κ3) is 4.24. The Morgan fingerprint density at radius 3 is 2.20 bits per heavy atom. The van der Waals surface area contributed by atoms with Gasteiger partial charge in [-0.15, -0.1) is 11.6 Å². The van der Waals surface area contributed by atoms with Crippen LogP contribution in [0.3, 0.4) is 0 Å². The zero-order chi connectivity index (χ0) is 12.3. The van der Waals surface area contributed by atoms with Gasteiger partial charge in [-0.1, -0.05) is 0 Å². The van der Waals surface area contributed by atoms with Gasteiger partial charge in [0.25, 0.3) is 0 Å². The van der Waals surface area contributed by atoms with Crippen LogP contribution in [-0.4, -0.2) is 30.7 Å². The molecule has 15 heavy (non-hydrogen) atoms. The second-order valence-electron chi connectivity index (χ2n) is 3.76. The molecule has 0 aliphatic heterocycles. The summed E-state index contributed by atoms with van der Waals surface area (Å²) in [7, 11) is 0. The van der Waals surface area contributed by atoms with Gasteiger partial charge in [0, 0.05) is 5.88 Å². The van der Waals surface area contributed by atoms with Crippen LogP contribution in [0.4, 0.5) is 17.6 Å². The van der Waals surface area contributed by atoms with Crippen LogP contribution < -0.4 is 5.32 Å². The normalized spacial score (nSPS) is 13.1. The highest BCUT2D eigenvalue weighted by molar-refractivity contribution is 6.19. The van der Waals surface area contributed by atoms with Crippen molar-refractivity contribution < 1.29 is 22.4 Å². The Morgan fingerprint density at radius 1 is 1.40 bits per heavy atom. The molecule has 0 heterocycles. The predicted molar refractivity (Wildman–Crippen MR) is 48.5 cm³/mol. The molecule has 0 aromatic rings. The van der Waals surface area contributed by atoms with E-state index in [9.17, 15) is 22.4 Å². The Balaban J connectivity index is 4.24. The summed E-state index contributed by atoms with van der Waals surface area (Å²) >= 11 is 5.40. The molecule has 0 aliphatic carbocycles. The molecule has 0 aliphatic rings. The minimum Gasteiger partial charge on any atom is -0.349 e. The van der Waals surface area contributed by atoms with Crippen molar-refractivity contribution in [2.24, 2.45) is 5.41 Å². The van der Waals surface area contributed by atoms with Gasteiger partial charge in [-0.05, 0) is 13.8 Å². The van der Waals surface area contributed by atoms with Crippen LogP contribution in [-0.2, 0) is 4.79 Å². The number of carbonyl (C=O) groups is 1. The van der Waals surface area contributed by atoms with Gasteiger partial charge in [-0.2, -0.15) is 8.78 Å². The number of halogens is 5. The van der Waals surface area contributed by atoms with Gasteiger partial charge in [-0.3, -0.25) is 4.79 Å². The number of alkyl halides is 5. The number of carbonyl (C=O) groups excluding carboxylic acids is 1. The van der Waals surface area contributed by atoms with Crippen LogP contribution in [0.5, 0.6) is 0 Å². The van der Waals surface area contributed by atoms with Crippen LogP contribution in [0.2, 0.25) is 0 Å². The van der Waals surface area contributed by atoms with Crippen molar-refractivity contribution in [1.82, 2.24) is 5.32 Å². The summed E-state index contributed by atoms with van der Waals surface area (Å²) in [6, 6.07) is 0. The Kier molecular flexibility index (Phi) is 4.83. The first-order chi connectivity index (χ1) is 6.63. The molecule has 0 saturated heterocycles. The van der Waals surface area contributed by atoms with E-state index in [1.54, 1.807) is 5.32 Å². The van der Waals surface area contributed by atoms with Gasteiger partial charge in [0.05, 0.1) is 12.0 Å². The van der Waals surface area contributed by atoms with E-state index in [1.165, 1.54) is 13.8 Å². The van der Waals surface area contributed by atoms with Gasteiger partial charge < -0.3 is 5.32 Å². The lowest BCUT2D eigenvalue weighted by Crippen LogP contribution is -2.46. The van der Waals surface area contributed by atoms with Crippen LogP contribution >= 0.6 is 11.6 Å². The fraction of sp³-hybridized carbons (Fsp3) is 0.875. The van der Waals surface area contributed by atoms with E-state index in [0.717, 1.165) is 0 Å². The summed E-state index contributed by atoms with van der Waals surface area (Å²) in [4.78, 5) is 11.2. The third-order valence-electron chi connectivity index (χ3n) is 1.75. The Labute approximate surface area is 90.0 Å². The number of hydrogen-bond donors (Lipinski definition) is 1. The quantitative estimate of drug-likeness (QED) is 0.588. The largest absolute Gasteiger partial charge is 0.349 e. The van der Waals surface area contributed by atoms with Crippen molar-refractivity contribution in [3.8, 4) is 0 Å². The van der Waals surface area contributed by atoms with Gasteiger partial charge >= 0.3 is 12.3 Å². The molecule has 90 valence electrons. The lowest BCUT2D eigenvalue weighted by molar-refractivity contribution is -0.140. The topological polar surface area (TPSA) is 29.1 Å². The third-order valence-corrected chi connectivity index (χ3v) is 2.42. The standard InChI is InChI=1S/C8H12ClF4NO/c1-7(2,3-9)6(15)14-4-8(12,13)5(10)11/h5H,3-4H2,1-2H3,(H,14,15). The van der Waals surface area contributed by atoms with Crippen LogP contribution in [0.1, 0.15) is 13.8 Å². The molecule has 0 atom stereocenters. The average Bonchev–Trinajstić information content (AvgIpc) is 2.13. The maximum absolute atomic E-state index is 12.4. The Bertz CT molecular complexity index is 233. The molecule has 0 saturated carbocycles. The van der Waals surface area contributed by atoms with E-state index in [2.05, 4.69) is 0 Å². The van der Waals surface area contributed by atoms with Crippen LogP contribution in [0.15, 0.2) is 0 Å². The summed E-state index contributed by atoms with van der Waals surface area (Å²) in [5, 5.41) is 1.74. The number of amides is 1. The van der Waals surface area contributed by atoms with Gasteiger partial charge in [0.15, 0.2) is 0 Å². The lowest BCUT2D eigenvalue weighted by Gasteiger charge is -2.22. The van der Waals surface area contributed by atoms with E-state index in [0.29, 0.717) is 0 Å². The summed E-state index contributed by atoms with van der Waals surface area (Å²) in [6.45, 7) is 1.47. The molecular formula is C8H12ClF4NO. The fourth-order valence-corrected chi connectivity index (χ4v) is 0.697. The van der Waals surface area contributed by atoms with Crippen molar-refractivity contribution in [1.29, 1.82) is 0 Å². The molecule has 0 unspecified atom stereocenters. The van der Waals surface area contributed by atoms with E-state index in [1.807, 2.05) is 0 Å². The van der Waals surface area contributed by atoms with E-state index >= 15 is 0 Å². The van der Waals surface area contributed by atoms with Crippen molar-refractivity contribution >= 4 is 17.5 Å². The maximum Gasteiger partial charge on any atom is 0.324 e. The first-order valence-electron chi connectivity index (χ1n) is 4.14. The van der Waals surface area contributed by atoms with Gasteiger partial charge in [0.2, 0.25) is 5.91 Å². The summed E-state index contributed by atoms with van der Waals surface area (Å²) in [5.74, 6) is -5.07. The number of nitrogens with one attached hydrogen (secondary N) is 1. The van der Waals surface area contributed by atoms with Gasteiger partial charge in [0.1, 0.15) is 0 Å². The Hall–Kier alpha value is -0.520. The van der Waals surface area contributed by atoms with Crippen molar-refractivity contribution in [3.63, 3.8) is 0 Å². The first-order valence-corrected chi connectivity index (χ1v) is 4.67. The fourth-order valence-electron chi connectivity index (χ4n) is 0.575. The molecule has 1 N–H and O–H groups in total. The minimum absolute atomic E-state index is 0.0842. The molecule has 0 spiro atoms. The van der Waals surface area contributed by atoms with E-state index in [-0.39, 0.29) is 5.88 Å². The van der Waals surface area contributed by atoms with Gasteiger partial charge in [-0.25, -0.2) is 8.78 Å². The molecule has 2 nitrogen and oxygen atoms in total. The highest BCUT2D eigenvalue weighted by Gasteiger charge is 2.41. The summed E-state index contributed by atoms with van der Waals surface area (Å²) in [5.41, 5.74) is -1.06. The van der Waals surface area contributed by atoms with Crippen molar-refractivity contribution in [2.45, 2.75) is 26.2 Å². The highest BCUT2D eigenvalue weighted by Crippen LogP contribution is 2.23. The average molecular weight is 250 g/mol. The molecule has 0 bridgehead atoms. The molecule has 0 aromatic carbocycles. The first kappa shape index (κ1) is 14.5. The maximum atomic E-state index is 12.4. The zero-order valence-corrected chi connectivity index (χ0v) is 9.05. The predicted octanol–water partition coefficient (Wildman–Crippen LogP) is 2.27.